The highest BCUT2D eigenvalue weighted by atomic mass is 16.5. The fourth-order valence-corrected chi connectivity index (χ4v) is 1.70. The van der Waals surface area contributed by atoms with Gasteiger partial charge in [0.05, 0.1) is 20.0 Å². The van der Waals surface area contributed by atoms with E-state index in [4.69, 9.17) is 19.6 Å². The van der Waals surface area contributed by atoms with Gasteiger partial charge in [-0.25, -0.2) is 0 Å². The Bertz CT molecular complexity index is 493. The first-order valence-electron chi connectivity index (χ1n) is 5.79. The SMILES string of the molecule is COc1cccc(COCc2occc2CN)c1. The van der Waals surface area contributed by atoms with Crippen molar-refractivity contribution in [3.05, 3.63) is 53.5 Å². The van der Waals surface area contributed by atoms with E-state index in [1.54, 1.807) is 13.4 Å². The number of methoxy groups -OCH3 is 1. The third-order valence-corrected chi connectivity index (χ3v) is 2.69. The lowest BCUT2D eigenvalue weighted by molar-refractivity contribution is 0.0921. The molecule has 0 saturated heterocycles. The van der Waals surface area contributed by atoms with Crippen molar-refractivity contribution in [3.63, 3.8) is 0 Å². The van der Waals surface area contributed by atoms with E-state index in [0.29, 0.717) is 19.8 Å². The van der Waals surface area contributed by atoms with Gasteiger partial charge in [-0.15, -0.1) is 0 Å². The maximum absolute atomic E-state index is 5.60. The van der Waals surface area contributed by atoms with E-state index in [0.717, 1.165) is 22.6 Å². The van der Waals surface area contributed by atoms with E-state index in [2.05, 4.69) is 0 Å². The minimum absolute atomic E-state index is 0.427. The molecule has 0 amide bonds. The molecule has 1 aromatic carbocycles. The van der Waals surface area contributed by atoms with Crippen LogP contribution < -0.4 is 10.5 Å². The van der Waals surface area contributed by atoms with E-state index in [1.807, 2.05) is 30.3 Å². The van der Waals surface area contributed by atoms with Crippen molar-refractivity contribution in [2.75, 3.05) is 7.11 Å². The topological polar surface area (TPSA) is 57.6 Å². The van der Waals surface area contributed by atoms with Gasteiger partial charge >= 0.3 is 0 Å². The number of nitrogens with two attached hydrogens (primary N) is 1. The lowest BCUT2D eigenvalue weighted by atomic mass is 10.2. The van der Waals surface area contributed by atoms with Crippen molar-refractivity contribution in [1.82, 2.24) is 0 Å². The van der Waals surface area contributed by atoms with Crippen LogP contribution in [-0.2, 0) is 24.5 Å². The largest absolute Gasteiger partial charge is 0.497 e. The molecule has 0 spiro atoms. The van der Waals surface area contributed by atoms with Crippen LogP contribution >= 0.6 is 0 Å². The molecule has 18 heavy (non-hydrogen) atoms. The van der Waals surface area contributed by atoms with Crippen LogP contribution in [-0.4, -0.2) is 7.11 Å². The van der Waals surface area contributed by atoms with Crippen molar-refractivity contribution in [1.29, 1.82) is 0 Å². The van der Waals surface area contributed by atoms with Crippen LogP contribution in [0.25, 0.3) is 0 Å². The van der Waals surface area contributed by atoms with Crippen LogP contribution in [0.1, 0.15) is 16.9 Å². The second-order valence-corrected chi connectivity index (χ2v) is 3.92. The first-order chi connectivity index (χ1) is 8.83. The number of rotatable bonds is 6. The summed E-state index contributed by atoms with van der Waals surface area (Å²) in [6, 6.07) is 9.66. The molecule has 4 heteroatoms. The normalized spacial score (nSPS) is 10.6. The first-order valence-corrected chi connectivity index (χ1v) is 5.79. The van der Waals surface area contributed by atoms with E-state index in [9.17, 15) is 0 Å². The minimum Gasteiger partial charge on any atom is -0.497 e. The van der Waals surface area contributed by atoms with Crippen LogP contribution in [0.15, 0.2) is 41.0 Å². The predicted molar refractivity (Wildman–Crippen MR) is 68.1 cm³/mol. The summed E-state index contributed by atoms with van der Waals surface area (Å²) in [5, 5.41) is 0. The third kappa shape index (κ3) is 3.12. The molecule has 0 fully saturated rings. The zero-order valence-electron chi connectivity index (χ0n) is 10.4. The number of benzene rings is 1. The van der Waals surface area contributed by atoms with Gasteiger partial charge in [0.15, 0.2) is 0 Å². The van der Waals surface area contributed by atoms with Gasteiger partial charge in [-0.3, -0.25) is 0 Å². The summed E-state index contributed by atoms with van der Waals surface area (Å²) in [5.41, 5.74) is 7.64. The number of hydrogen-bond acceptors (Lipinski definition) is 4. The Kier molecular flexibility index (Phi) is 4.39. The maximum atomic E-state index is 5.60. The van der Waals surface area contributed by atoms with Gasteiger partial charge in [0, 0.05) is 12.1 Å². The zero-order chi connectivity index (χ0) is 12.8. The van der Waals surface area contributed by atoms with Crippen LogP contribution in [0.5, 0.6) is 5.75 Å². The molecule has 0 unspecified atom stereocenters. The van der Waals surface area contributed by atoms with Gasteiger partial charge in [0.2, 0.25) is 0 Å². The summed E-state index contributed by atoms with van der Waals surface area (Å²) in [6.07, 6.45) is 1.63. The average molecular weight is 247 g/mol. The highest BCUT2D eigenvalue weighted by Gasteiger charge is 2.04. The van der Waals surface area contributed by atoms with E-state index < -0.39 is 0 Å². The fourth-order valence-electron chi connectivity index (χ4n) is 1.70. The summed E-state index contributed by atoms with van der Waals surface area (Å²) in [5.74, 6) is 1.62. The Morgan fingerprint density at radius 3 is 2.89 bits per heavy atom. The Balaban J connectivity index is 1.88. The van der Waals surface area contributed by atoms with Gasteiger partial charge in [-0.05, 0) is 23.8 Å². The molecule has 0 atom stereocenters. The summed E-state index contributed by atoms with van der Waals surface area (Å²) in [4.78, 5) is 0. The molecule has 0 bridgehead atoms. The highest BCUT2D eigenvalue weighted by Crippen LogP contribution is 2.15. The van der Waals surface area contributed by atoms with Crippen LogP contribution in [0.2, 0.25) is 0 Å². The predicted octanol–water partition coefficient (Wildman–Crippen LogP) is 2.46. The highest BCUT2D eigenvalue weighted by molar-refractivity contribution is 5.27. The number of ether oxygens (including phenoxy) is 2. The van der Waals surface area contributed by atoms with Crippen LogP contribution in [0.4, 0.5) is 0 Å². The monoisotopic (exact) mass is 247 g/mol. The Hall–Kier alpha value is -1.78. The molecule has 0 aliphatic carbocycles. The summed E-state index contributed by atoms with van der Waals surface area (Å²) >= 11 is 0. The van der Waals surface area contributed by atoms with Gasteiger partial charge in [-0.1, -0.05) is 12.1 Å². The van der Waals surface area contributed by atoms with Gasteiger partial charge in [0.25, 0.3) is 0 Å². The molecule has 1 aromatic heterocycles. The quantitative estimate of drug-likeness (QED) is 0.852. The average Bonchev–Trinajstić information content (AvgIpc) is 2.86. The molecule has 0 saturated carbocycles. The molecule has 4 nitrogen and oxygen atoms in total. The zero-order valence-corrected chi connectivity index (χ0v) is 10.4. The van der Waals surface area contributed by atoms with E-state index >= 15 is 0 Å². The summed E-state index contributed by atoms with van der Waals surface area (Å²) in [6.45, 7) is 1.41. The second-order valence-electron chi connectivity index (χ2n) is 3.92. The van der Waals surface area contributed by atoms with Gasteiger partial charge in [0.1, 0.15) is 18.1 Å². The number of furan rings is 1. The molecule has 0 aliphatic rings. The lowest BCUT2D eigenvalue weighted by Gasteiger charge is -2.06. The Morgan fingerprint density at radius 2 is 2.11 bits per heavy atom. The van der Waals surface area contributed by atoms with E-state index in [1.165, 1.54) is 0 Å². The molecule has 2 N–H and O–H groups in total. The van der Waals surface area contributed by atoms with Crippen molar-refractivity contribution in [2.45, 2.75) is 19.8 Å². The lowest BCUT2D eigenvalue weighted by Crippen LogP contribution is -2.00. The molecule has 1 heterocycles. The molecule has 2 rings (SSSR count). The number of hydrogen-bond donors (Lipinski definition) is 1. The van der Waals surface area contributed by atoms with Gasteiger partial charge in [-0.2, -0.15) is 0 Å². The van der Waals surface area contributed by atoms with Crippen molar-refractivity contribution < 1.29 is 13.9 Å². The molecular weight excluding hydrogens is 230 g/mol. The molecular formula is C14H17NO3. The Labute approximate surface area is 106 Å². The van der Waals surface area contributed by atoms with Crippen molar-refractivity contribution in [2.24, 2.45) is 5.73 Å². The van der Waals surface area contributed by atoms with Crippen LogP contribution in [0, 0.1) is 0 Å². The summed E-state index contributed by atoms with van der Waals surface area (Å²) in [7, 11) is 1.65. The third-order valence-electron chi connectivity index (χ3n) is 2.69. The smallest absolute Gasteiger partial charge is 0.133 e. The molecule has 96 valence electrons. The van der Waals surface area contributed by atoms with Crippen molar-refractivity contribution in [3.8, 4) is 5.75 Å². The standard InChI is InChI=1S/C14H17NO3/c1-16-13-4-2-3-11(7-13)9-17-10-14-12(8-15)5-6-18-14/h2-7H,8-10,15H2,1H3. The van der Waals surface area contributed by atoms with Crippen molar-refractivity contribution >= 4 is 0 Å². The maximum Gasteiger partial charge on any atom is 0.133 e. The van der Waals surface area contributed by atoms with E-state index in [-0.39, 0.29) is 0 Å². The molecule has 2 aromatic rings. The first kappa shape index (κ1) is 12.7. The van der Waals surface area contributed by atoms with Gasteiger partial charge < -0.3 is 19.6 Å². The minimum atomic E-state index is 0.427. The molecule has 0 radical (unpaired) electrons. The second kappa shape index (κ2) is 6.23. The Morgan fingerprint density at radius 1 is 1.22 bits per heavy atom. The fraction of sp³-hybridized carbons (Fsp3) is 0.286. The van der Waals surface area contributed by atoms with Crippen LogP contribution in [0.3, 0.4) is 0 Å². The summed E-state index contributed by atoms with van der Waals surface area (Å²) < 4.78 is 16.1. The molecule has 0 aliphatic heterocycles.